The minimum absolute atomic E-state index is 1.20. The zero-order valence-corrected chi connectivity index (χ0v) is 74.8. The van der Waals surface area contributed by atoms with E-state index in [1.54, 1.807) is 0 Å². The quantitative estimate of drug-likeness (QED) is 0.0863. The van der Waals surface area contributed by atoms with Crippen LogP contribution in [0.3, 0.4) is 0 Å². The maximum absolute atomic E-state index is 12.3. The number of hydrogen-bond acceptors (Lipinski definition) is 65. The van der Waals surface area contributed by atoms with Gasteiger partial charge in [-0.1, -0.05) is 0 Å². The molecule has 0 saturated carbocycles. The molecular formula is C78H130O65. The summed E-state index contributed by atoms with van der Waals surface area (Å²) in [4.78, 5) is 0. The lowest BCUT2D eigenvalue weighted by atomic mass is 9.95. The molecule has 14 aliphatic rings. The van der Waals surface area contributed by atoms with Crippen LogP contribution in [0.15, 0.2) is 0 Å². The summed E-state index contributed by atoms with van der Waals surface area (Å²) >= 11 is 0. The van der Waals surface area contributed by atoms with Gasteiger partial charge in [0.25, 0.3) is 0 Å². The maximum atomic E-state index is 12.3. The Hall–Kier alpha value is -2.60. The van der Waals surface area contributed by atoms with Gasteiger partial charge in [-0.3, -0.25) is 0 Å². The molecule has 0 radical (unpaired) electrons. The molecule has 0 aliphatic carbocycles. The van der Waals surface area contributed by atoms with Gasteiger partial charge in [0.2, 0.25) is 0 Å². The van der Waals surface area contributed by atoms with Crippen molar-refractivity contribution < 1.29 is 322 Å². The Morgan fingerprint density at radius 3 is 0.364 bits per heavy atom. The SMILES string of the molecule is OCC1OC2OC3C(OC(CO)C(O)C3O)OC3C(OC(CO)C(O)C3O)OC3C(OC(CO)C(O)C3O)OC3C(OC(CO)C(O)C3O)OC3C(OC(CO)C(O)C3O)OC3C(OC(CO)C(O)C3O)OC3C(OC(CO)C(O)C3O)OC3C(OC(CO)C(O)C3O)OC3C(OC(CO)C(O)C3O)OC3C(OC(CO)C(O)C3O)OC3C(OCC4OC(OC2C(O)C1O)C(O)C(O)C4O)OC(CO)C(O)C3O. The number of hydrogen-bond donors (Lipinski definition) is 39. The predicted octanol–water partition coefficient (Wildman–Crippen LogP) is -28.3. The van der Waals surface area contributed by atoms with E-state index < -0.39 is 485 Å². The Balaban J connectivity index is 0.881. The van der Waals surface area contributed by atoms with E-state index in [4.69, 9.17) is 123 Å². The molecule has 65 heteroatoms. The number of fused-ring (bicyclic) bond motifs is 14. The van der Waals surface area contributed by atoms with Crippen LogP contribution in [0, 0.1) is 0 Å². The Kier molecular flexibility index (Phi) is 40.4. The fourth-order valence-electron chi connectivity index (χ4n) is 19.0. The van der Waals surface area contributed by atoms with E-state index in [2.05, 4.69) is 0 Å². The molecule has 0 aromatic heterocycles. The molecule has 0 spiro atoms. The fraction of sp³-hybridized carbons (Fsp3) is 1.00. The highest BCUT2D eigenvalue weighted by atomic mass is 16.9. The summed E-state index contributed by atoms with van der Waals surface area (Å²) in [5.74, 6) is 0. The Morgan fingerprint density at radius 1 is 0.112 bits per heavy atom. The van der Waals surface area contributed by atoms with Crippen molar-refractivity contribution in [3.8, 4) is 0 Å². The average molecular weight is 2110 g/mol. The minimum atomic E-state index is -2.63. The van der Waals surface area contributed by atoms with Gasteiger partial charge < -0.3 is 322 Å². The Labute approximate surface area is 805 Å². The lowest BCUT2D eigenvalue weighted by Crippen LogP contribution is -2.70. The molecule has 39 N–H and O–H groups in total. The molecule has 0 amide bonds. The second kappa shape index (κ2) is 49.9. The third kappa shape index (κ3) is 23.5. The molecule has 65 nitrogen and oxygen atoms in total. The molecule has 14 heterocycles. The van der Waals surface area contributed by atoms with Crippen molar-refractivity contribution in [2.75, 3.05) is 85.9 Å². The molecule has 0 aromatic rings. The zero-order chi connectivity index (χ0) is 104. The lowest BCUT2D eigenvalue weighted by Gasteiger charge is -2.51. The maximum Gasteiger partial charge on any atom is 0.187 e. The second-order valence-electron chi connectivity index (χ2n) is 36.5. The molecule has 832 valence electrons. The molecule has 14 fully saturated rings. The number of ether oxygens (including phenoxy) is 26. The zero-order valence-electron chi connectivity index (χ0n) is 74.8. The van der Waals surface area contributed by atoms with Gasteiger partial charge in [0.1, 0.15) is 317 Å². The molecule has 0 aromatic carbocycles. The molecule has 14 aliphatic heterocycles. The Morgan fingerprint density at radius 2 is 0.231 bits per heavy atom. The van der Waals surface area contributed by atoms with Crippen molar-refractivity contribution in [1.29, 1.82) is 0 Å². The van der Waals surface area contributed by atoms with Crippen molar-refractivity contribution >= 4 is 0 Å². The van der Waals surface area contributed by atoms with E-state index >= 15 is 0 Å². The third-order valence-corrected chi connectivity index (χ3v) is 27.5. The van der Waals surface area contributed by atoms with Gasteiger partial charge in [0.05, 0.1) is 85.9 Å². The van der Waals surface area contributed by atoms with Gasteiger partial charge >= 0.3 is 0 Å². The third-order valence-electron chi connectivity index (χ3n) is 27.5. The van der Waals surface area contributed by atoms with Crippen molar-refractivity contribution in [3.05, 3.63) is 0 Å². The van der Waals surface area contributed by atoms with Gasteiger partial charge in [-0.15, -0.1) is 0 Å². The van der Waals surface area contributed by atoms with Crippen LogP contribution in [0.1, 0.15) is 0 Å². The van der Waals surface area contributed by atoms with Crippen LogP contribution in [0.25, 0.3) is 0 Å². The minimum Gasteiger partial charge on any atom is -0.394 e. The summed E-state index contributed by atoms with van der Waals surface area (Å²) in [7, 11) is 0. The summed E-state index contributed by atoms with van der Waals surface area (Å²) in [6.07, 6.45) is -157. The first-order valence-corrected chi connectivity index (χ1v) is 45.7. The smallest absolute Gasteiger partial charge is 0.187 e. The normalized spacial score (nSPS) is 55.4. The van der Waals surface area contributed by atoms with E-state index in [0.29, 0.717) is 0 Å². The highest BCUT2D eigenvalue weighted by Crippen LogP contribution is 2.45. The average Bonchev–Trinajstić information content (AvgIpc) is 0.754. The van der Waals surface area contributed by atoms with Crippen LogP contribution in [-0.2, 0) is 123 Å². The van der Waals surface area contributed by atoms with Crippen LogP contribution in [0.4, 0.5) is 0 Å². The summed E-state index contributed by atoms with van der Waals surface area (Å²) in [6, 6.07) is 0. The monoisotopic (exact) mass is 2110 g/mol. The highest BCUT2D eigenvalue weighted by molar-refractivity contribution is 5.06. The predicted molar refractivity (Wildman–Crippen MR) is 424 cm³/mol. The first-order chi connectivity index (χ1) is 68.0. The number of rotatable bonds is 12. The molecule has 14 saturated heterocycles. The van der Waals surface area contributed by atoms with Crippen molar-refractivity contribution in [2.45, 2.75) is 399 Å². The summed E-state index contributed by atoms with van der Waals surface area (Å²) < 4.78 is 157. The lowest BCUT2D eigenvalue weighted by molar-refractivity contribution is -0.427. The molecule has 65 atom stereocenters. The van der Waals surface area contributed by atoms with Crippen LogP contribution >= 0.6 is 0 Å². The van der Waals surface area contributed by atoms with Gasteiger partial charge in [0.15, 0.2) is 81.8 Å². The first-order valence-electron chi connectivity index (χ1n) is 45.7. The molecule has 14 rings (SSSR count). The van der Waals surface area contributed by atoms with Crippen LogP contribution in [0.2, 0.25) is 0 Å². The van der Waals surface area contributed by atoms with E-state index in [0.717, 1.165) is 0 Å². The van der Waals surface area contributed by atoms with Crippen molar-refractivity contribution in [2.24, 2.45) is 0 Å². The summed E-state index contributed by atoms with van der Waals surface area (Å²) in [6.45, 7) is -16.6. The number of aliphatic hydroxyl groups excluding tert-OH is 39. The van der Waals surface area contributed by atoms with Crippen LogP contribution in [0.5, 0.6) is 0 Å². The largest absolute Gasteiger partial charge is 0.394 e. The summed E-state index contributed by atoms with van der Waals surface area (Å²) in [5.41, 5.74) is 0. The molecular weight excluding hydrogens is 1980 g/mol. The van der Waals surface area contributed by atoms with Crippen molar-refractivity contribution in [3.63, 3.8) is 0 Å². The van der Waals surface area contributed by atoms with Gasteiger partial charge in [-0.2, -0.15) is 0 Å². The Bertz CT molecular complexity index is 3660. The second-order valence-corrected chi connectivity index (χ2v) is 36.5. The van der Waals surface area contributed by atoms with Gasteiger partial charge in [-0.25, -0.2) is 0 Å². The van der Waals surface area contributed by atoms with Crippen LogP contribution < -0.4 is 0 Å². The van der Waals surface area contributed by atoms with E-state index in [9.17, 15) is 199 Å². The van der Waals surface area contributed by atoms with Crippen LogP contribution in [-0.4, -0.2) is 684 Å². The molecule has 143 heavy (non-hydrogen) atoms. The molecule has 65 unspecified atom stereocenters. The van der Waals surface area contributed by atoms with E-state index in [1.165, 1.54) is 0 Å². The first kappa shape index (κ1) is 116. The van der Waals surface area contributed by atoms with Gasteiger partial charge in [0, 0.05) is 0 Å². The topological polar surface area (TPSA) is 1030 Å². The molecule has 2 bridgehead atoms. The highest BCUT2D eigenvalue weighted by Gasteiger charge is 2.66. The van der Waals surface area contributed by atoms with E-state index in [-0.39, 0.29) is 0 Å². The van der Waals surface area contributed by atoms with Crippen molar-refractivity contribution in [1.82, 2.24) is 0 Å². The summed E-state index contributed by atoms with van der Waals surface area (Å²) in [5, 5.41) is 448. The number of aliphatic hydroxyl groups is 39. The fourth-order valence-corrected chi connectivity index (χ4v) is 19.0. The standard InChI is InChI=1S/C78H130O65/c79-1-14-27(91)41(105)54-67(119-14)118-13-26-39(103)40(104)53(117)66(131-26)132-55-42(106)28(92)15(2-80)120-68(55)134-57-44(108)30(94)17(4-82)122-70(57)136-59-46(110)32(96)19(6-84)124-72(59)138-61-48(112)34(98)21(8-86)126-74(61)140-63-50(114)36(100)23(10-88)128-76(63)142-65-52(116)38(102)25(12-90)130-78(65)143-64-51(115)37(101)24(11-89)129-77(64)141-62-49(113)35(99)22(9-87)127-75(62)139-60-47(111)33(97)20(7-85)125-73(60)137-58-45(109)31(95)18(5-83)123-71(58)135-56-43(107)29(93)16(3-81)121-69(56)133-54/h14-117H,1-13H2. The van der Waals surface area contributed by atoms with E-state index in [1.807, 2.05) is 0 Å². The van der Waals surface area contributed by atoms with Gasteiger partial charge in [-0.05, 0) is 0 Å².